The molecule has 0 amide bonds. The van der Waals surface area contributed by atoms with Crippen LogP contribution in [0.3, 0.4) is 0 Å². The van der Waals surface area contributed by atoms with Crippen molar-refractivity contribution in [3.05, 3.63) is 0 Å². The molecule has 0 saturated heterocycles. The molecule has 0 rings (SSSR count). The average Bonchev–Trinajstić information content (AvgIpc) is 1.59. The largest absolute Gasteiger partial charge is 0.397 e. The summed E-state index contributed by atoms with van der Waals surface area (Å²) in [7, 11) is -4.27. The van der Waals surface area contributed by atoms with Gasteiger partial charge in [-0.05, 0) is 0 Å². The molecule has 0 spiro atoms. The molecule has 0 aromatic heterocycles. The van der Waals surface area contributed by atoms with E-state index in [1.807, 2.05) is 0 Å². The highest BCUT2D eigenvalue weighted by Gasteiger charge is 2.00. The first-order valence-electron chi connectivity index (χ1n) is 1.74. The topological polar surface area (TPSA) is 63.6 Å². The van der Waals surface area contributed by atoms with Crippen LogP contribution in [0, 0.1) is 0 Å². The van der Waals surface area contributed by atoms with E-state index in [-0.39, 0.29) is 24.9 Å². The van der Waals surface area contributed by atoms with Gasteiger partial charge in [-0.1, -0.05) is 0 Å². The first-order chi connectivity index (χ1) is 3.56. The van der Waals surface area contributed by atoms with Crippen molar-refractivity contribution >= 4 is 34.4 Å². The molecule has 0 atom stereocenters. The lowest BCUT2D eigenvalue weighted by molar-refractivity contribution is 0.284. The van der Waals surface area contributed by atoms with E-state index in [2.05, 4.69) is 4.18 Å². The van der Waals surface area contributed by atoms with E-state index in [1.165, 1.54) is 0 Å². The predicted molar refractivity (Wildman–Crippen MR) is 35.5 cm³/mol. The second-order valence-corrected chi connectivity index (χ2v) is 2.41. The Balaban J connectivity index is 0. The number of halogens is 2. The minimum Gasteiger partial charge on any atom is -0.264 e. The van der Waals surface area contributed by atoms with Crippen molar-refractivity contribution in [2.45, 2.75) is 0 Å². The van der Waals surface area contributed by atoms with Crippen molar-refractivity contribution in [3.63, 3.8) is 0 Å². The Morgan fingerprint density at radius 1 is 1.56 bits per heavy atom. The van der Waals surface area contributed by atoms with Crippen molar-refractivity contribution in [2.24, 2.45) is 0 Å². The zero-order chi connectivity index (χ0) is 6.62. The third-order valence-electron chi connectivity index (χ3n) is 0.309. The summed E-state index contributed by atoms with van der Waals surface area (Å²) in [5.74, 6) is 0.0415. The molecule has 0 bridgehead atoms. The summed E-state index contributed by atoms with van der Waals surface area (Å²) in [5.41, 5.74) is 0. The Morgan fingerprint density at radius 2 is 2.00 bits per heavy atom. The maximum Gasteiger partial charge on any atom is 0.397 e. The molecule has 7 heteroatoms. The summed E-state index contributed by atoms with van der Waals surface area (Å²) in [6, 6.07) is 0. The van der Waals surface area contributed by atoms with Crippen LogP contribution in [0.2, 0.25) is 0 Å². The Kier molecular flexibility index (Phi) is 7.09. The molecule has 0 unspecified atom stereocenters. The summed E-state index contributed by atoms with van der Waals surface area (Å²) in [5, 5.41) is 0. The van der Waals surface area contributed by atoms with Gasteiger partial charge in [0.2, 0.25) is 0 Å². The standard InChI is InChI=1S/C2H5ClO4S.ClH/c3-1-2-7-8(4,5)6;/h1-2H2,(H,4,5,6);1H. The van der Waals surface area contributed by atoms with Crippen LogP contribution in [0.5, 0.6) is 0 Å². The van der Waals surface area contributed by atoms with Crippen molar-refractivity contribution < 1.29 is 17.2 Å². The molecule has 0 aliphatic rings. The van der Waals surface area contributed by atoms with Gasteiger partial charge < -0.3 is 0 Å². The lowest BCUT2D eigenvalue weighted by atomic mass is 10.9. The second-order valence-electron chi connectivity index (χ2n) is 0.939. The van der Waals surface area contributed by atoms with Crippen LogP contribution in [0.1, 0.15) is 0 Å². The normalized spacial score (nSPS) is 10.4. The highest BCUT2D eigenvalue weighted by molar-refractivity contribution is 7.80. The molecule has 0 heterocycles. The van der Waals surface area contributed by atoms with E-state index in [9.17, 15) is 8.42 Å². The molecular formula is C2H6Cl2O4S. The van der Waals surface area contributed by atoms with Gasteiger partial charge >= 0.3 is 10.4 Å². The molecule has 4 nitrogen and oxygen atoms in total. The third-order valence-corrected chi connectivity index (χ3v) is 0.928. The molecule has 0 aliphatic heterocycles. The maximum atomic E-state index is 9.66. The molecule has 0 radical (unpaired) electrons. The Labute approximate surface area is 64.5 Å². The first kappa shape index (κ1) is 12.2. The highest BCUT2D eigenvalue weighted by Crippen LogP contribution is 1.85. The van der Waals surface area contributed by atoms with Crippen LogP contribution in [0.15, 0.2) is 0 Å². The fourth-order valence-electron chi connectivity index (χ4n) is 0.137. The Morgan fingerprint density at radius 3 is 2.11 bits per heavy atom. The van der Waals surface area contributed by atoms with E-state index in [4.69, 9.17) is 16.2 Å². The molecule has 58 valence electrons. The summed E-state index contributed by atoms with van der Waals surface area (Å²) in [6.45, 7) is -0.194. The molecule has 0 aromatic rings. The lowest BCUT2D eigenvalue weighted by Gasteiger charge is -1.91. The summed E-state index contributed by atoms with van der Waals surface area (Å²) in [6.07, 6.45) is 0. The Bertz CT molecular complexity index is 141. The zero-order valence-corrected chi connectivity index (χ0v) is 6.67. The number of hydrogen-bond acceptors (Lipinski definition) is 3. The third kappa shape index (κ3) is 11.8. The van der Waals surface area contributed by atoms with Crippen molar-refractivity contribution in [3.8, 4) is 0 Å². The smallest absolute Gasteiger partial charge is 0.264 e. The number of alkyl halides is 1. The van der Waals surface area contributed by atoms with Crippen molar-refractivity contribution in [1.29, 1.82) is 0 Å². The molecule has 0 aromatic carbocycles. The maximum absolute atomic E-state index is 9.66. The molecule has 0 fully saturated rings. The molecular weight excluding hydrogens is 191 g/mol. The van der Waals surface area contributed by atoms with E-state index in [0.717, 1.165) is 0 Å². The minimum absolute atomic E-state index is 0. The number of rotatable bonds is 3. The summed E-state index contributed by atoms with van der Waals surface area (Å²) >= 11 is 5.01. The van der Waals surface area contributed by atoms with Gasteiger partial charge in [0.05, 0.1) is 6.61 Å². The van der Waals surface area contributed by atoms with Crippen LogP contribution in [-0.4, -0.2) is 25.5 Å². The van der Waals surface area contributed by atoms with Crippen LogP contribution in [0.25, 0.3) is 0 Å². The van der Waals surface area contributed by atoms with Crippen LogP contribution in [0.4, 0.5) is 0 Å². The van der Waals surface area contributed by atoms with Gasteiger partial charge in [0.25, 0.3) is 0 Å². The number of hydrogen-bond donors (Lipinski definition) is 1. The fraction of sp³-hybridized carbons (Fsp3) is 1.00. The van der Waals surface area contributed by atoms with E-state index in [1.54, 1.807) is 0 Å². The van der Waals surface area contributed by atoms with Gasteiger partial charge in [-0.25, -0.2) is 4.18 Å². The first-order valence-corrected chi connectivity index (χ1v) is 3.64. The molecule has 0 aliphatic carbocycles. The van der Waals surface area contributed by atoms with E-state index >= 15 is 0 Å². The van der Waals surface area contributed by atoms with Gasteiger partial charge in [0, 0.05) is 5.88 Å². The fourth-order valence-corrected chi connectivity index (χ4v) is 0.599. The zero-order valence-electron chi connectivity index (χ0n) is 4.28. The van der Waals surface area contributed by atoms with Gasteiger partial charge in [0.1, 0.15) is 0 Å². The van der Waals surface area contributed by atoms with Crippen LogP contribution in [-0.2, 0) is 14.6 Å². The monoisotopic (exact) mass is 196 g/mol. The quantitative estimate of drug-likeness (QED) is 0.527. The van der Waals surface area contributed by atoms with E-state index in [0.29, 0.717) is 0 Å². The average molecular weight is 197 g/mol. The van der Waals surface area contributed by atoms with Gasteiger partial charge in [0.15, 0.2) is 0 Å². The van der Waals surface area contributed by atoms with Crippen LogP contribution < -0.4 is 0 Å². The van der Waals surface area contributed by atoms with Gasteiger partial charge in [-0.15, -0.1) is 24.0 Å². The minimum atomic E-state index is -4.27. The van der Waals surface area contributed by atoms with Crippen LogP contribution >= 0.6 is 24.0 Å². The summed E-state index contributed by atoms with van der Waals surface area (Å²) < 4.78 is 30.9. The molecule has 1 N–H and O–H groups in total. The van der Waals surface area contributed by atoms with Crippen molar-refractivity contribution in [2.75, 3.05) is 12.5 Å². The van der Waals surface area contributed by atoms with E-state index < -0.39 is 10.4 Å². The predicted octanol–water partition coefficient (Wildman–Crippen LogP) is 0.466. The SMILES string of the molecule is Cl.O=S(=O)(O)OCCCl. The second kappa shape index (κ2) is 5.25. The van der Waals surface area contributed by atoms with Crippen molar-refractivity contribution in [1.82, 2.24) is 0 Å². The Hall–Kier alpha value is 0.450. The van der Waals surface area contributed by atoms with Gasteiger partial charge in [-0.2, -0.15) is 8.42 Å². The molecule has 9 heavy (non-hydrogen) atoms. The molecule has 0 saturated carbocycles. The lowest BCUT2D eigenvalue weighted by Crippen LogP contribution is -2.05. The summed E-state index contributed by atoms with van der Waals surface area (Å²) in [4.78, 5) is 0. The van der Waals surface area contributed by atoms with Gasteiger partial charge in [-0.3, -0.25) is 4.55 Å². The highest BCUT2D eigenvalue weighted by atomic mass is 35.5.